The van der Waals surface area contributed by atoms with E-state index in [1.165, 1.54) is 0 Å². The molecule has 0 spiro atoms. The highest BCUT2D eigenvalue weighted by Crippen LogP contribution is 2.15. The number of carbonyl (C=O) groups excluding carboxylic acids is 1. The van der Waals surface area contributed by atoms with E-state index in [4.69, 9.17) is 0 Å². The number of amides is 1. The van der Waals surface area contributed by atoms with Gasteiger partial charge in [-0.05, 0) is 18.1 Å². The molecule has 90 valence electrons. The fourth-order valence-electron chi connectivity index (χ4n) is 1.79. The van der Waals surface area contributed by atoms with E-state index in [0.29, 0.717) is 12.8 Å². The first-order valence-electron chi connectivity index (χ1n) is 5.48. The van der Waals surface area contributed by atoms with Crippen LogP contribution >= 0.6 is 0 Å². The third kappa shape index (κ3) is 2.38. The van der Waals surface area contributed by atoms with E-state index in [2.05, 4.69) is 9.97 Å². The maximum absolute atomic E-state index is 11.5. The zero-order valence-electron chi connectivity index (χ0n) is 9.91. The second kappa shape index (κ2) is 4.45. The number of aryl methyl sites for hydroxylation is 1. The van der Waals surface area contributed by atoms with Crippen LogP contribution in [-0.2, 0) is 11.2 Å². The number of H-pyrrole nitrogens is 2. The van der Waals surface area contributed by atoms with Crippen LogP contribution in [0, 0.1) is 0 Å². The van der Waals surface area contributed by atoms with Gasteiger partial charge >= 0.3 is 5.69 Å². The van der Waals surface area contributed by atoms with Crippen LogP contribution in [0.25, 0.3) is 11.0 Å². The van der Waals surface area contributed by atoms with E-state index in [0.717, 1.165) is 16.6 Å². The molecule has 2 rings (SSSR count). The summed E-state index contributed by atoms with van der Waals surface area (Å²) in [6.07, 6.45) is 1.07. The summed E-state index contributed by atoms with van der Waals surface area (Å²) >= 11 is 0. The minimum atomic E-state index is -0.216. The van der Waals surface area contributed by atoms with Gasteiger partial charge in [0.15, 0.2) is 0 Å². The first-order valence-corrected chi connectivity index (χ1v) is 5.48. The number of hydrogen-bond acceptors (Lipinski definition) is 2. The molecule has 1 aromatic heterocycles. The zero-order chi connectivity index (χ0) is 12.4. The molecule has 1 heterocycles. The van der Waals surface area contributed by atoms with Crippen LogP contribution in [0.15, 0.2) is 23.0 Å². The maximum atomic E-state index is 11.5. The predicted octanol–water partition coefficient (Wildman–Crippen LogP) is 0.877. The zero-order valence-corrected chi connectivity index (χ0v) is 9.91. The van der Waals surface area contributed by atoms with Crippen molar-refractivity contribution in [3.05, 3.63) is 34.2 Å². The number of fused-ring (bicyclic) bond motifs is 1. The van der Waals surface area contributed by atoms with Crippen molar-refractivity contribution in [3.8, 4) is 0 Å². The molecule has 0 aliphatic carbocycles. The molecule has 0 aliphatic heterocycles. The van der Waals surface area contributed by atoms with E-state index < -0.39 is 0 Å². The minimum Gasteiger partial charge on any atom is -0.349 e. The third-order valence-corrected chi connectivity index (χ3v) is 2.74. The molecule has 0 bridgehead atoms. The smallest absolute Gasteiger partial charge is 0.323 e. The number of hydrogen-bond donors (Lipinski definition) is 2. The van der Waals surface area contributed by atoms with Crippen molar-refractivity contribution in [1.82, 2.24) is 14.9 Å². The Kier molecular flexibility index (Phi) is 2.99. The van der Waals surface area contributed by atoms with Crippen LogP contribution in [0.4, 0.5) is 0 Å². The van der Waals surface area contributed by atoms with Gasteiger partial charge in [-0.2, -0.15) is 0 Å². The summed E-state index contributed by atoms with van der Waals surface area (Å²) in [6.45, 7) is 0. The second-order valence-electron chi connectivity index (χ2n) is 4.21. The summed E-state index contributed by atoms with van der Waals surface area (Å²) in [4.78, 5) is 29.7. The molecule has 5 nitrogen and oxygen atoms in total. The van der Waals surface area contributed by atoms with Gasteiger partial charge in [0, 0.05) is 20.5 Å². The number of rotatable bonds is 3. The molecule has 0 radical (unpaired) electrons. The molecule has 1 aromatic carbocycles. The molecule has 1 amide bonds. The first-order chi connectivity index (χ1) is 8.08. The molecule has 0 atom stereocenters. The van der Waals surface area contributed by atoms with Crippen molar-refractivity contribution in [2.45, 2.75) is 12.8 Å². The van der Waals surface area contributed by atoms with Crippen molar-refractivity contribution in [2.24, 2.45) is 0 Å². The molecule has 2 aromatic rings. The van der Waals surface area contributed by atoms with Crippen LogP contribution in [0.1, 0.15) is 12.0 Å². The Bertz CT molecular complexity index is 595. The number of aromatic nitrogens is 2. The molecule has 0 saturated carbocycles. The Morgan fingerprint density at radius 3 is 2.76 bits per heavy atom. The molecule has 0 saturated heterocycles. The monoisotopic (exact) mass is 233 g/mol. The number of aromatic amines is 2. The predicted molar refractivity (Wildman–Crippen MR) is 65.9 cm³/mol. The van der Waals surface area contributed by atoms with Gasteiger partial charge in [-0.1, -0.05) is 12.1 Å². The summed E-state index contributed by atoms with van der Waals surface area (Å²) in [7, 11) is 3.47. The van der Waals surface area contributed by atoms with Gasteiger partial charge in [0.25, 0.3) is 0 Å². The van der Waals surface area contributed by atoms with Gasteiger partial charge < -0.3 is 14.9 Å². The maximum Gasteiger partial charge on any atom is 0.323 e. The first kappa shape index (κ1) is 11.4. The standard InChI is InChI=1S/C12H15N3O2/c1-15(2)10(16)7-6-8-4-3-5-9-11(8)14-12(17)13-9/h3-5H,6-7H2,1-2H3,(H2,13,14,17). The summed E-state index contributed by atoms with van der Waals surface area (Å²) in [5.41, 5.74) is 2.34. The van der Waals surface area contributed by atoms with Crippen LogP contribution in [-0.4, -0.2) is 34.9 Å². The van der Waals surface area contributed by atoms with Crippen molar-refractivity contribution in [2.75, 3.05) is 14.1 Å². The highest BCUT2D eigenvalue weighted by atomic mass is 16.2. The van der Waals surface area contributed by atoms with Gasteiger partial charge in [-0.3, -0.25) is 4.79 Å². The lowest BCUT2D eigenvalue weighted by Crippen LogP contribution is -2.21. The lowest BCUT2D eigenvalue weighted by atomic mass is 10.1. The average molecular weight is 233 g/mol. The number of carbonyl (C=O) groups is 1. The second-order valence-corrected chi connectivity index (χ2v) is 4.21. The van der Waals surface area contributed by atoms with Crippen LogP contribution in [0.3, 0.4) is 0 Å². The molecule has 2 N–H and O–H groups in total. The number of imidazole rings is 1. The molecular formula is C12H15N3O2. The SMILES string of the molecule is CN(C)C(=O)CCc1cccc2[nH]c(=O)[nH]c12. The fraction of sp³-hybridized carbons (Fsp3) is 0.333. The Morgan fingerprint density at radius 1 is 1.29 bits per heavy atom. The van der Waals surface area contributed by atoms with Crippen LogP contribution < -0.4 is 5.69 Å². The van der Waals surface area contributed by atoms with Crippen molar-refractivity contribution in [1.29, 1.82) is 0 Å². The van der Waals surface area contributed by atoms with E-state index in [1.807, 2.05) is 18.2 Å². The Morgan fingerprint density at radius 2 is 2.06 bits per heavy atom. The normalized spacial score (nSPS) is 10.7. The molecule has 0 unspecified atom stereocenters. The quantitative estimate of drug-likeness (QED) is 0.826. The molecular weight excluding hydrogens is 218 g/mol. The molecule has 0 aliphatic rings. The van der Waals surface area contributed by atoms with Gasteiger partial charge in [0.1, 0.15) is 0 Å². The van der Waals surface area contributed by atoms with E-state index in [1.54, 1.807) is 19.0 Å². The van der Waals surface area contributed by atoms with Gasteiger partial charge in [0.05, 0.1) is 11.0 Å². The van der Waals surface area contributed by atoms with E-state index >= 15 is 0 Å². The topological polar surface area (TPSA) is 69.0 Å². The van der Waals surface area contributed by atoms with Crippen molar-refractivity contribution < 1.29 is 4.79 Å². The minimum absolute atomic E-state index is 0.0832. The third-order valence-electron chi connectivity index (χ3n) is 2.74. The largest absolute Gasteiger partial charge is 0.349 e. The molecule has 17 heavy (non-hydrogen) atoms. The Balaban J connectivity index is 2.24. The van der Waals surface area contributed by atoms with Crippen molar-refractivity contribution >= 4 is 16.9 Å². The van der Waals surface area contributed by atoms with Crippen molar-refractivity contribution in [3.63, 3.8) is 0 Å². The summed E-state index contributed by atoms with van der Waals surface area (Å²) < 4.78 is 0. The summed E-state index contributed by atoms with van der Waals surface area (Å²) in [5.74, 6) is 0.0832. The van der Waals surface area contributed by atoms with E-state index in [-0.39, 0.29) is 11.6 Å². The summed E-state index contributed by atoms with van der Waals surface area (Å²) in [6, 6.07) is 5.64. The van der Waals surface area contributed by atoms with Crippen LogP contribution in [0.5, 0.6) is 0 Å². The highest BCUT2D eigenvalue weighted by molar-refractivity contribution is 5.80. The lowest BCUT2D eigenvalue weighted by Gasteiger charge is -2.09. The van der Waals surface area contributed by atoms with E-state index in [9.17, 15) is 9.59 Å². The number of para-hydroxylation sites is 1. The Hall–Kier alpha value is -2.04. The number of nitrogens with one attached hydrogen (secondary N) is 2. The Labute approximate surface area is 98.4 Å². The fourth-order valence-corrected chi connectivity index (χ4v) is 1.79. The van der Waals surface area contributed by atoms with Crippen LogP contribution in [0.2, 0.25) is 0 Å². The highest BCUT2D eigenvalue weighted by Gasteiger charge is 2.08. The lowest BCUT2D eigenvalue weighted by molar-refractivity contribution is -0.128. The number of benzene rings is 1. The van der Waals surface area contributed by atoms with Gasteiger partial charge in [-0.25, -0.2) is 4.79 Å². The van der Waals surface area contributed by atoms with Gasteiger partial charge in [-0.15, -0.1) is 0 Å². The molecule has 5 heteroatoms. The average Bonchev–Trinajstić information content (AvgIpc) is 2.66. The number of nitrogens with zero attached hydrogens (tertiary/aromatic N) is 1. The summed E-state index contributed by atoms with van der Waals surface area (Å²) in [5, 5.41) is 0. The van der Waals surface area contributed by atoms with Gasteiger partial charge in [0.2, 0.25) is 5.91 Å². The molecule has 0 fully saturated rings.